The first-order valence-electron chi connectivity index (χ1n) is 4.43. The Hall–Kier alpha value is -1.58. The lowest BCUT2D eigenvalue weighted by Crippen LogP contribution is -2.27. The van der Waals surface area contributed by atoms with E-state index in [-0.39, 0.29) is 12.5 Å². The van der Waals surface area contributed by atoms with Gasteiger partial charge in [0.2, 0.25) is 5.91 Å². The Labute approximate surface area is 83.3 Å². The van der Waals surface area contributed by atoms with E-state index in [0.29, 0.717) is 0 Å². The summed E-state index contributed by atoms with van der Waals surface area (Å²) in [4.78, 5) is 21.1. The molecule has 0 radical (unpaired) electrons. The van der Waals surface area contributed by atoms with Gasteiger partial charge in [0, 0.05) is 6.08 Å². The van der Waals surface area contributed by atoms with Gasteiger partial charge in [0.05, 0.1) is 0 Å². The summed E-state index contributed by atoms with van der Waals surface area (Å²) in [5, 5.41) is 10.5. The molecule has 0 aromatic carbocycles. The van der Waals surface area contributed by atoms with Crippen LogP contribution in [0.15, 0.2) is 23.8 Å². The van der Waals surface area contributed by atoms with Crippen LogP contribution in [0, 0.1) is 0 Å². The lowest BCUT2D eigenvalue weighted by Gasteiger charge is -1.97. The third-order valence-corrected chi connectivity index (χ3v) is 1.64. The van der Waals surface area contributed by atoms with Gasteiger partial charge >= 0.3 is 5.97 Å². The van der Waals surface area contributed by atoms with Crippen LogP contribution in [0.1, 0.15) is 20.3 Å². The van der Waals surface area contributed by atoms with E-state index < -0.39 is 5.97 Å². The van der Waals surface area contributed by atoms with Crippen LogP contribution in [0.3, 0.4) is 0 Å². The van der Waals surface area contributed by atoms with E-state index in [2.05, 4.69) is 5.32 Å². The number of carbonyl (C=O) groups is 2. The molecule has 0 aliphatic carbocycles. The molecule has 0 bridgehead atoms. The number of rotatable bonds is 5. The first-order valence-corrected chi connectivity index (χ1v) is 4.43. The Morgan fingerprint density at radius 3 is 2.43 bits per heavy atom. The number of carboxylic acids is 1. The number of hydrogen-bond acceptors (Lipinski definition) is 2. The molecule has 1 amide bonds. The predicted octanol–water partition coefficient (Wildman–Crippen LogP) is 1.10. The fraction of sp³-hybridized carbons (Fsp3) is 0.400. The van der Waals surface area contributed by atoms with Crippen molar-refractivity contribution in [1.82, 2.24) is 5.32 Å². The molecule has 78 valence electrons. The average molecular weight is 197 g/mol. The zero-order valence-corrected chi connectivity index (χ0v) is 8.41. The summed E-state index contributed by atoms with van der Waals surface area (Å²) in [6.07, 6.45) is 5.76. The molecule has 2 N–H and O–H groups in total. The van der Waals surface area contributed by atoms with Crippen molar-refractivity contribution in [1.29, 1.82) is 0 Å². The topological polar surface area (TPSA) is 66.4 Å². The minimum absolute atomic E-state index is 0.347. The number of carbonyl (C=O) groups excluding carboxylic acids is 1. The van der Waals surface area contributed by atoms with Crippen molar-refractivity contribution in [3.63, 3.8) is 0 Å². The van der Waals surface area contributed by atoms with Gasteiger partial charge in [-0.1, -0.05) is 24.6 Å². The predicted molar refractivity (Wildman–Crippen MR) is 53.8 cm³/mol. The number of nitrogens with one attached hydrogen (secondary N) is 1. The molecule has 0 heterocycles. The molecule has 0 aliphatic rings. The smallest absolute Gasteiger partial charge is 0.322 e. The van der Waals surface area contributed by atoms with Crippen molar-refractivity contribution in [3.05, 3.63) is 23.8 Å². The second-order valence-electron chi connectivity index (χ2n) is 2.66. The highest BCUT2D eigenvalue weighted by Crippen LogP contribution is 2.00. The fourth-order valence-corrected chi connectivity index (χ4v) is 0.823. The van der Waals surface area contributed by atoms with E-state index in [1.54, 1.807) is 6.08 Å². The molecule has 0 rings (SSSR count). The molecule has 4 nitrogen and oxygen atoms in total. The van der Waals surface area contributed by atoms with E-state index in [0.717, 1.165) is 12.0 Å². The van der Waals surface area contributed by atoms with Gasteiger partial charge in [-0.2, -0.15) is 0 Å². The van der Waals surface area contributed by atoms with E-state index in [9.17, 15) is 9.59 Å². The maximum atomic E-state index is 11.0. The van der Waals surface area contributed by atoms with E-state index >= 15 is 0 Å². The van der Waals surface area contributed by atoms with E-state index in [1.165, 1.54) is 6.08 Å². The fourth-order valence-electron chi connectivity index (χ4n) is 0.823. The molecule has 0 aliphatic heterocycles. The number of aliphatic carboxylic acids is 1. The number of allylic oxidation sites excluding steroid dienone is 3. The van der Waals surface area contributed by atoms with Crippen molar-refractivity contribution in [2.75, 3.05) is 6.54 Å². The number of carboxylic acid groups (broad SMARTS) is 1. The highest BCUT2D eigenvalue weighted by atomic mass is 16.4. The summed E-state index contributed by atoms with van der Waals surface area (Å²) in [5.74, 6) is -1.44. The summed E-state index contributed by atoms with van der Waals surface area (Å²) in [6, 6.07) is 0. The maximum Gasteiger partial charge on any atom is 0.322 e. The summed E-state index contributed by atoms with van der Waals surface area (Å²) < 4.78 is 0. The monoisotopic (exact) mass is 197 g/mol. The molecule has 0 aromatic rings. The lowest BCUT2D eigenvalue weighted by molar-refractivity contribution is -0.137. The molecule has 0 aromatic heterocycles. The molecular formula is C10H15NO3. The molecule has 0 saturated carbocycles. The van der Waals surface area contributed by atoms with Gasteiger partial charge in [0.25, 0.3) is 0 Å². The number of amides is 1. The standard InChI is InChI=1S/C10H15NO3/c1-3-8(4-2)5-6-9(12)11-7-10(13)14/h3,5-6H,4,7H2,1-2H3,(H,11,12)(H,13,14). The Balaban J connectivity index is 3.99. The second-order valence-corrected chi connectivity index (χ2v) is 2.66. The molecule has 0 spiro atoms. The van der Waals surface area contributed by atoms with Crippen molar-refractivity contribution in [2.24, 2.45) is 0 Å². The Kier molecular flexibility index (Phi) is 6.11. The zero-order valence-electron chi connectivity index (χ0n) is 8.41. The van der Waals surface area contributed by atoms with Crippen LogP contribution in [-0.4, -0.2) is 23.5 Å². The van der Waals surface area contributed by atoms with Crippen LogP contribution in [0.5, 0.6) is 0 Å². The van der Waals surface area contributed by atoms with Gasteiger partial charge in [0.15, 0.2) is 0 Å². The van der Waals surface area contributed by atoms with Crippen LogP contribution in [0.25, 0.3) is 0 Å². The summed E-state index contributed by atoms with van der Waals surface area (Å²) >= 11 is 0. The zero-order chi connectivity index (χ0) is 11.0. The SMILES string of the molecule is CC=C(C=CC(=O)NCC(=O)O)CC. The molecule has 0 fully saturated rings. The van der Waals surface area contributed by atoms with E-state index in [4.69, 9.17) is 5.11 Å². The van der Waals surface area contributed by atoms with Crippen LogP contribution in [0.4, 0.5) is 0 Å². The van der Waals surface area contributed by atoms with Gasteiger partial charge in [-0.05, 0) is 13.3 Å². The van der Waals surface area contributed by atoms with Crippen LogP contribution < -0.4 is 5.32 Å². The summed E-state index contributed by atoms with van der Waals surface area (Å²) in [5.41, 5.74) is 1.04. The van der Waals surface area contributed by atoms with Crippen LogP contribution in [-0.2, 0) is 9.59 Å². The minimum atomic E-state index is -1.05. The van der Waals surface area contributed by atoms with Gasteiger partial charge in [-0.25, -0.2) is 0 Å². The molecular weight excluding hydrogens is 182 g/mol. The minimum Gasteiger partial charge on any atom is -0.480 e. The largest absolute Gasteiger partial charge is 0.480 e. The maximum absolute atomic E-state index is 11.0. The van der Waals surface area contributed by atoms with Crippen LogP contribution in [0.2, 0.25) is 0 Å². The molecule has 0 unspecified atom stereocenters. The van der Waals surface area contributed by atoms with Gasteiger partial charge in [0.1, 0.15) is 6.54 Å². The third kappa shape index (κ3) is 5.99. The first-order chi connectivity index (χ1) is 6.60. The molecule has 0 atom stereocenters. The van der Waals surface area contributed by atoms with Crippen LogP contribution >= 0.6 is 0 Å². The number of hydrogen-bond donors (Lipinski definition) is 2. The highest BCUT2D eigenvalue weighted by molar-refractivity contribution is 5.90. The van der Waals surface area contributed by atoms with Gasteiger partial charge in [-0.3, -0.25) is 9.59 Å². The van der Waals surface area contributed by atoms with Crippen molar-refractivity contribution in [2.45, 2.75) is 20.3 Å². The van der Waals surface area contributed by atoms with E-state index in [1.807, 2.05) is 19.9 Å². The Morgan fingerprint density at radius 1 is 1.36 bits per heavy atom. The lowest BCUT2D eigenvalue weighted by atomic mass is 10.2. The average Bonchev–Trinajstić information content (AvgIpc) is 2.16. The first kappa shape index (κ1) is 12.4. The molecule has 14 heavy (non-hydrogen) atoms. The van der Waals surface area contributed by atoms with Gasteiger partial charge in [-0.15, -0.1) is 0 Å². The Bertz CT molecular complexity index is 267. The summed E-state index contributed by atoms with van der Waals surface area (Å²) in [7, 11) is 0. The quantitative estimate of drug-likeness (QED) is 0.512. The molecule has 4 heteroatoms. The molecule has 0 saturated heterocycles. The van der Waals surface area contributed by atoms with Gasteiger partial charge < -0.3 is 10.4 Å². The third-order valence-electron chi connectivity index (χ3n) is 1.64. The van der Waals surface area contributed by atoms with Crippen molar-refractivity contribution >= 4 is 11.9 Å². The highest BCUT2D eigenvalue weighted by Gasteiger charge is 1.98. The second kappa shape index (κ2) is 6.88. The van der Waals surface area contributed by atoms with Crippen molar-refractivity contribution < 1.29 is 14.7 Å². The summed E-state index contributed by atoms with van der Waals surface area (Å²) in [6.45, 7) is 3.52. The normalized spacial score (nSPS) is 11.7. The van der Waals surface area contributed by atoms with Crippen molar-refractivity contribution in [3.8, 4) is 0 Å². The Morgan fingerprint density at radius 2 is 2.00 bits per heavy atom.